The van der Waals surface area contributed by atoms with E-state index in [0.717, 1.165) is 17.7 Å². The van der Waals surface area contributed by atoms with Gasteiger partial charge in [-0.2, -0.15) is 0 Å². The lowest BCUT2D eigenvalue weighted by atomic mass is 9.96. The van der Waals surface area contributed by atoms with E-state index in [-0.39, 0.29) is 29.6 Å². The number of pyridine rings is 1. The Kier molecular flexibility index (Phi) is 7.21. The number of nitrogens with zero attached hydrogens (tertiary/aromatic N) is 3. The molecule has 2 heterocycles. The van der Waals surface area contributed by atoms with Crippen molar-refractivity contribution in [3.63, 3.8) is 0 Å². The molecule has 1 aromatic carbocycles. The summed E-state index contributed by atoms with van der Waals surface area (Å²) in [6.45, 7) is 1.84. The van der Waals surface area contributed by atoms with Crippen molar-refractivity contribution in [3.05, 3.63) is 40.1 Å². The second kappa shape index (κ2) is 10.1. The van der Waals surface area contributed by atoms with E-state index in [2.05, 4.69) is 15.2 Å². The lowest BCUT2D eigenvalue weighted by Gasteiger charge is -2.18. The Labute approximate surface area is 189 Å². The van der Waals surface area contributed by atoms with Crippen molar-refractivity contribution in [3.8, 4) is 39.8 Å². The molecule has 3 aromatic rings. The number of amides is 1. The fraction of sp³-hybridized carbons (Fsp3) is 0.364. The largest absolute Gasteiger partial charge is 0.506 e. The van der Waals surface area contributed by atoms with Crippen LogP contribution in [0.1, 0.15) is 31.4 Å². The molecule has 0 aliphatic carbocycles. The molecular formula is C22H26N4O7. The molecule has 0 unspecified atom stereocenters. The van der Waals surface area contributed by atoms with Crippen molar-refractivity contribution < 1.29 is 28.9 Å². The maximum absolute atomic E-state index is 12.9. The number of benzene rings is 1. The van der Waals surface area contributed by atoms with Crippen LogP contribution in [-0.2, 0) is 13.0 Å². The van der Waals surface area contributed by atoms with Gasteiger partial charge in [0.2, 0.25) is 5.89 Å². The van der Waals surface area contributed by atoms with Crippen molar-refractivity contribution in [2.45, 2.75) is 32.7 Å². The molecule has 0 spiro atoms. The van der Waals surface area contributed by atoms with Gasteiger partial charge in [0, 0.05) is 12.7 Å². The SMILES string of the molecule is CCCCc1[nH]c(=O)c(-c2nnc(CN(C)C(=O)O)o2)c(O)c1-c1c(OC)cccc1OC. The Morgan fingerprint density at radius 3 is 2.39 bits per heavy atom. The van der Waals surface area contributed by atoms with Gasteiger partial charge in [-0.05, 0) is 25.0 Å². The predicted molar refractivity (Wildman–Crippen MR) is 119 cm³/mol. The molecule has 1 amide bonds. The van der Waals surface area contributed by atoms with Gasteiger partial charge in [0.25, 0.3) is 11.4 Å². The number of aromatic nitrogens is 3. The summed E-state index contributed by atoms with van der Waals surface area (Å²) >= 11 is 0. The van der Waals surface area contributed by atoms with Crippen LogP contribution in [0.15, 0.2) is 27.4 Å². The third kappa shape index (κ3) is 4.76. The highest BCUT2D eigenvalue weighted by Crippen LogP contribution is 2.46. The summed E-state index contributed by atoms with van der Waals surface area (Å²) in [7, 11) is 4.33. The van der Waals surface area contributed by atoms with E-state index in [0.29, 0.717) is 34.7 Å². The number of hydrogen-bond acceptors (Lipinski definition) is 8. The Bertz CT molecular complexity index is 1180. The number of carboxylic acid groups (broad SMARTS) is 1. The Morgan fingerprint density at radius 2 is 1.82 bits per heavy atom. The van der Waals surface area contributed by atoms with Crippen molar-refractivity contribution in [2.24, 2.45) is 0 Å². The Hall–Kier alpha value is -4.02. The molecule has 3 rings (SSSR count). The number of carbonyl (C=O) groups is 1. The number of aryl methyl sites for hydroxylation is 1. The van der Waals surface area contributed by atoms with Gasteiger partial charge >= 0.3 is 6.09 Å². The van der Waals surface area contributed by atoms with Crippen molar-refractivity contribution in [1.82, 2.24) is 20.1 Å². The molecule has 33 heavy (non-hydrogen) atoms. The molecule has 11 nitrogen and oxygen atoms in total. The van der Waals surface area contributed by atoms with E-state index < -0.39 is 11.7 Å². The zero-order chi connectivity index (χ0) is 24.1. The molecule has 3 N–H and O–H groups in total. The van der Waals surface area contributed by atoms with Gasteiger partial charge in [0.05, 0.1) is 25.3 Å². The van der Waals surface area contributed by atoms with Crippen molar-refractivity contribution >= 4 is 6.09 Å². The third-order valence-corrected chi connectivity index (χ3v) is 5.10. The van der Waals surface area contributed by atoms with E-state index in [9.17, 15) is 14.7 Å². The second-order valence-corrected chi connectivity index (χ2v) is 7.31. The van der Waals surface area contributed by atoms with E-state index >= 15 is 0 Å². The summed E-state index contributed by atoms with van der Waals surface area (Å²) in [4.78, 5) is 27.8. The van der Waals surface area contributed by atoms with Gasteiger partial charge in [-0.15, -0.1) is 10.2 Å². The molecule has 11 heteroatoms. The Balaban J connectivity index is 2.23. The minimum absolute atomic E-state index is 0.0276. The smallest absolute Gasteiger partial charge is 0.407 e. The Morgan fingerprint density at radius 1 is 1.15 bits per heavy atom. The molecule has 0 bridgehead atoms. The number of unbranched alkanes of at least 4 members (excludes halogenated alkanes) is 1. The first-order valence-electron chi connectivity index (χ1n) is 10.3. The lowest BCUT2D eigenvalue weighted by molar-refractivity contribution is 0.150. The first-order valence-corrected chi connectivity index (χ1v) is 10.3. The van der Waals surface area contributed by atoms with Crippen molar-refractivity contribution in [1.29, 1.82) is 0 Å². The molecule has 2 aromatic heterocycles. The fourth-order valence-corrected chi connectivity index (χ4v) is 3.43. The minimum Gasteiger partial charge on any atom is -0.506 e. The average Bonchev–Trinajstić information content (AvgIpc) is 3.24. The zero-order valence-electron chi connectivity index (χ0n) is 18.8. The van der Waals surface area contributed by atoms with Crippen LogP contribution in [0.5, 0.6) is 17.2 Å². The van der Waals surface area contributed by atoms with Crippen LogP contribution in [0.3, 0.4) is 0 Å². The fourth-order valence-electron chi connectivity index (χ4n) is 3.43. The maximum atomic E-state index is 12.9. The zero-order valence-corrected chi connectivity index (χ0v) is 18.8. The minimum atomic E-state index is -1.18. The quantitative estimate of drug-likeness (QED) is 0.439. The second-order valence-electron chi connectivity index (χ2n) is 7.31. The first kappa shape index (κ1) is 23.6. The first-order chi connectivity index (χ1) is 15.8. The summed E-state index contributed by atoms with van der Waals surface area (Å²) in [5.74, 6) is 0.249. The van der Waals surface area contributed by atoms with E-state index in [4.69, 9.17) is 19.0 Å². The van der Waals surface area contributed by atoms with E-state index in [1.807, 2.05) is 6.92 Å². The lowest BCUT2D eigenvalue weighted by Crippen LogP contribution is -2.24. The summed E-state index contributed by atoms with van der Waals surface area (Å²) in [6, 6.07) is 5.19. The van der Waals surface area contributed by atoms with Crippen molar-refractivity contribution in [2.75, 3.05) is 21.3 Å². The monoisotopic (exact) mass is 458 g/mol. The van der Waals surface area contributed by atoms with Gasteiger partial charge in [0.1, 0.15) is 29.4 Å². The molecule has 0 radical (unpaired) electrons. The number of nitrogens with one attached hydrogen (secondary N) is 1. The summed E-state index contributed by atoms with van der Waals surface area (Å²) < 4.78 is 16.5. The summed E-state index contributed by atoms with van der Waals surface area (Å²) in [5, 5.41) is 28.0. The van der Waals surface area contributed by atoms with Crippen LogP contribution in [-0.4, -0.2) is 57.7 Å². The maximum Gasteiger partial charge on any atom is 0.407 e. The highest BCUT2D eigenvalue weighted by atomic mass is 16.5. The number of hydrogen-bond donors (Lipinski definition) is 3. The number of rotatable bonds is 9. The number of aromatic amines is 1. The van der Waals surface area contributed by atoms with Gasteiger partial charge in [-0.1, -0.05) is 19.4 Å². The molecule has 0 aliphatic heterocycles. The number of H-pyrrole nitrogens is 1. The molecule has 176 valence electrons. The van der Waals surface area contributed by atoms with Crippen LogP contribution >= 0.6 is 0 Å². The van der Waals surface area contributed by atoms with Crippen LogP contribution in [0.2, 0.25) is 0 Å². The summed E-state index contributed by atoms with van der Waals surface area (Å²) in [6.07, 6.45) is 0.957. The number of aromatic hydroxyl groups is 1. The molecule has 0 aliphatic rings. The van der Waals surface area contributed by atoms with E-state index in [1.54, 1.807) is 18.2 Å². The highest BCUT2D eigenvalue weighted by molar-refractivity contribution is 5.86. The van der Waals surface area contributed by atoms with Crippen LogP contribution in [0.25, 0.3) is 22.6 Å². The molecular weight excluding hydrogens is 432 g/mol. The molecule has 0 saturated heterocycles. The van der Waals surface area contributed by atoms with Gasteiger partial charge in [0.15, 0.2) is 0 Å². The van der Waals surface area contributed by atoms with Gasteiger partial charge < -0.3 is 34.0 Å². The highest BCUT2D eigenvalue weighted by Gasteiger charge is 2.27. The standard InChI is InChI=1S/C22H26N4O7/c1-5-6-8-12-16(17-13(31-3)9-7-10-14(17)32-4)19(27)18(20(28)23-12)21-25-24-15(33-21)11-26(2)22(29)30/h7,9-10H,5-6,8,11H2,1-4H3,(H,29,30)(H2,23,27,28). The van der Waals surface area contributed by atoms with Gasteiger partial charge in [-0.3, -0.25) is 4.79 Å². The van der Waals surface area contributed by atoms with Crippen LogP contribution in [0.4, 0.5) is 4.79 Å². The predicted octanol–water partition coefficient (Wildman–Crippen LogP) is 3.27. The van der Waals surface area contributed by atoms with Crippen LogP contribution < -0.4 is 15.0 Å². The topological polar surface area (TPSA) is 151 Å². The number of methoxy groups -OCH3 is 2. The normalized spacial score (nSPS) is 10.8. The van der Waals surface area contributed by atoms with Crippen LogP contribution in [0, 0.1) is 0 Å². The number of ether oxygens (including phenoxy) is 2. The van der Waals surface area contributed by atoms with Gasteiger partial charge in [-0.25, -0.2) is 4.79 Å². The average molecular weight is 458 g/mol. The molecule has 0 fully saturated rings. The summed E-state index contributed by atoms with van der Waals surface area (Å²) in [5.41, 5.74) is 0.466. The third-order valence-electron chi connectivity index (χ3n) is 5.10. The molecule has 0 saturated carbocycles. The van der Waals surface area contributed by atoms with E-state index in [1.165, 1.54) is 21.3 Å². The molecule has 0 atom stereocenters.